The first kappa shape index (κ1) is 22.8. The van der Waals surface area contributed by atoms with Crippen LogP contribution in [0.1, 0.15) is 25.2 Å². The standard InChI is InChI=1S/C26H24N4O4S/c1-16-13-19-14-22(10-12-25(19)29(16)18(3)31)35(33,34)28-20-9-11-24-23(15-20)26(32)30(17(2)27-24)21-7-5-4-6-8-21/h4-12,14-16,28H,13H2,1-3H3/t16-/m0/s1. The summed E-state index contributed by atoms with van der Waals surface area (Å²) in [4.78, 5) is 31.6. The lowest BCUT2D eigenvalue weighted by Gasteiger charge is -2.20. The highest BCUT2D eigenvalue weighted by atomic mass is 32.2. The van der Waals surface area contributed by atoms with Crippen molar-refractivity contribution in [1.82, 2.24) is 9.55 Å². The van der Waals surface area contributed by atoms with Crippen LogP contribution in [0.2, 0.25) is 0 Å². The Hall–Kier alpha value is -3.98. The van der Waals surface area contributed by atoms with Gasteiger partial charge in [0.05, 0.1) is 21.5 Å². The zero-order chi connectivity index (χ0) is 24.9. The van der Waals surface area contributed by atoms with Crippen LogP contribution in [0.5, 0.6) is 0 Å². The number of hydrogen-bond donors (Lipinski definition) is 1. The molecule has 1 N–H and O–H groups in total. The second kappa shape index (κ2) is 8.35. The molecule has 8 nitrogen and oxygen atoms in total. The second-order valence-corrected chi connectivity index (χ2v) is 10.4. The van der Waals surface area contributed by atoms with Crippen molar-refractivity contribution in [3.63, 3.8) is 0 Å². The Morgan fingerprint density at radius 3 is 2.51 bits per heavy atom. The normalized spacial score (nSPS) is 15.3. The third-order valence-electron chi connectivity index (χ3n) is 6.22. The highest BCUT2D eigenvalue weighted by Gasteiger charge is 2.30. The predicted octanol–water partition coefficient (Wildman–Crippen LogP) is 3.79. The summed E-state index contributed by atoms with van der Waals surface area (Å²) in [5.74, 6) is 0.458. The maximum Gasteiger partial charge on any atom is 0.266 e. The van der Waals surface area contributed by atoms with E-state index in [1.165, 1.54) is 23.6 Å². The van der Waals surface area contributed by atoms with Crippen LogP contribution < -0.4 is 15.2 Å². The Balaban J connectivity index is 1.52. The van der Waals surface area contributed by atoms with E-state index in [2.05, 4.69) is 9.71 Å². The topological polar surface area (TPSA) is 101 Å². The molecule has 9 heteroatoms. The molecule has 1 atom stereocenters. The summed E-state index contributed by atoms with van der Waals surface area (Å²) < 4.78 is 30.4. The molecule has 0 saturated heterocycles. The van der Waals surface area contributed by atoms with Crippen molar-refractivity contribution in [3.05, 3.63) is 88.5 Å². The molecule has 0 saturated carbocycles. The van der Waals surface area contributed by atoms with Crippen molar-refractivity contribution in [3.8, 4) is 5.69 Å². The van der Waals surface area contributed by atoms with Crippen molar-refractivity contribution >= 4 is 38.2 Å². The number of fused-ring (bicyclic) bond motifs is 2. The summed E-state index contributed by atoms with van der Waals surface area (Å²) in [7, 11) is -3.92. The van der Waals surface area contributed by atoms with Gasteiger partial charge in [-0.15, -0.1) is 0 Å². The van der Waals surface area contributed by atoms with Gasteiger partial charge in [-0.2, -0.15) is 0 Å². The van der Waals surface area contributed by atoms with Crippen LogP contribution in [0.4, 0.5) is 11.4 Å². The molecule has 1 aliphatic rings. The molecule has 1 aliphatic heterocycles. The number of carbonyl (C=O) groups excluding carboxylic acids is 1. The molecule has 0 aliphatic carbocycles. The number of nitrogens with one attached hydrogen (secondary N) is 1. The molecule has 35 heavy (non-hydrogen) atoms. The number of amides is 1. The average Bonchev–Trinajstić information content (AvgIpc) is 3.15. The van der Waals surface area contributed by atoms with E-state index in [-0.39, 0.29) is 28.1 Å². The summed E-state index contributed by atoms with van der Waals surface area (Å²) in [5.41, 5.74) is 2.69. The molecule has 1 amide bonds. The third kappa shape index (κ3) is 3.97. The number of nitrogens with zero attached hydrogens (tertiary/aromatic N) is 3. The van der Waals surface area contributed by atoms with E-state index in [1.807, 2.05) is 37.3 Å². The zero-order valence-corrected chi connectivity index (χ0v) is 20.3. The number of hydrogen-bond acceptors (Lipinski definition) is 5. The smallest absolute Gasteiger partial charge is 0.266 e. The van der Waals surface area contributed by atoms with E-state index < -0.39 is 10.0 Å². The number of carbonyl (C=O) groups is 1. The lowest BCUT2D eigenvalue weighted by molar-refractivity contribution is -0.116. The van der Waals surface area contributed by atoms with E-state index in [4.69, 9.17) is 0 Å². The van der Waals surface area contributed by atoms with Gasteiger partial charge < -0.3 is 4.90 Å². The van der Waals surface area contributed by atoms with E-state index in [0.29, 0.717) is 28.8 Å². The van der Waals surface area contributed by atoms with Crippen LogP contribution in [0.25, 0.3) is 16.6 Å². The summed E-state index contributed by atoms with van der Waals surface area (Å²) in [6.45, 7) is 5.19. The zero-order valence-electron chi connectivity index (χ0n) is 19.5. The van der Waals surface area contributed by atoms with Crippen molar-refractivity contribution in [2.75, 3.05) is 9.62 Å². The molecule has 0 bridgehead atoms. The Labute approximate surface area is 202 Å². The summed E-state index contributed by atoms with van der Waals surface area (Å²) >= 11 is 0. The molecule has 4 aromatic rings. The van der Waals surface area contributed by atoms with Crippen LogP contribution in [0, 0.1) is 6.92 Å². The molecule has 5 rings (SSSR count). The molecule has 3 aromatic carbocycles. The minimum atomic E-state index is -3.92. The predicted molar refractivity (Wildman–Crippen MR) is 136 cm³/mol. The molecule has 0 spiro atoms. The van der Waals surface area contributed by atoms with E-state index >= 15 is 0 Å². The van der Waals surface area contributed by atoms with Crippen LogP contribution in [-0.4, -0.2) is 29.9 Å². The molecule has 1 aromatic heterocycles. The number of rotatable bonds is 4. The first-order valence-electron chi connectivity index (χ1n) is 11.2. The van der Waals surface area contributed by atoms with Crippen LogP contribution in [-0.2, 0) is 21.2 Å². The van der Waals surface area contributed by atoms with Crippen LogP contribution >= 0.6 is 0 Å². The van der Waals surface area contributed by atoms with Gasteiger partial charge in [0.1, 0.15) is 5.82 Å². The quantitative estimate of drug-likeness (QED) is 0.471. The molecular weight excluding hydrogens is 464 g/mol. The number of para-hydroxylation sites is 1. The minimum Gasteiger partial charge on any atom is -0.309 e. The Kier molecular flexibility index (Phi) is 5.44. The van der Waals surface area contributed by atoms with Crippen molar-refractivity contribution in [2.24, 2.45) is 0 Å². The third-order valence-corrected chi connectivity index (χ3v) is 7.60. The molecule has 0 radical (unpaired) electrons. The fourth-order valence-corrected chi connectivity index (χ4v) is 5.81. The Morgan fingerprint density at radius 1 is 1.06 bits per heavy atom. The van der Waals surface area contributed by atoms with Crippen molar-refractivity contribution in [1.29, 1.82) is 0 Å². The van der Waals surface area contributed by atoms with Gasteiger partial charge in [0.25, 0.3) is 15.6 Å². The maximum atomic E-state index is 13.3. The SMILES string of the molecule is CC(=O)N1c2ccc(S(=O)(=O)Nc3ccc4nc(C)n(-c5ccccc5)c(=O)c4c3)cc2C[C@@H]1C. The molecule has 0 fully saturated rings. The largest absolute Gasteiger partial charge is 0.309 e. The van der Waals surface area contributed by atoms with Gasteiger partial charge in [0.15, 0.2) is 0 Å². The number of aryl methyl sites for hydroxylation is 1. The highest BCUT2D eigenvalue weighted by molar-refractivity contribution is 7.92. The summed E-state index contributed by atoms with van der Waals surface area (Å²) in [6.07, 6.45) is 0.582. The average molecular weight is 489 g/mol. The van der Waals surface area contributed by atoms with E-state index in [1.54, 1.807) is 36.1 Å². The Morgan fingerprint density at radius 2 is 1.80 bits per heavy atom. The van der Waals surface area contributed by atoms with Gasteiger partial charge in [0, 0.05) is 24.3 Å². The van der Waals surface area contributed by atoms with Crippen LogP contribution in [0.15, 0.2) is 76.4 Å². The molecule has 178 valence electrons. The number of sulfonamides is 1. The van der Waals surface area contributed by atoms with Crippen molar-refractivity contribution < 1.29 is 13.2 Å². The number of aromatic nitrogens is 2. The lowest BCUT2D eigenvalue weighted by atomic mass is 10.1. The summed E-state index contributed by atoms with van der Waals surface area (Å²) in [6, 6.07) is 18.6. The molecule has 2 heterocycles. The Bertz CT molecular complexity index is 1650. The van der Waals surface area contributed by atoms with Gasteiger partial charge in [-0.25, -0.2) is 13.4 Å². The second-order valence-electron chi connectivity index (χ2n) is 8.71. The highest BCUT2D eigenvalue weighted by Crippen LogP contribution is 2.34. The lowest BCUT2D eigenvalue weighted by Crippen LogP contribution is -2.33. The van der Waals surface area contributed by atoms with Gasteiger partial charge in [-0.05, 0) is 74.4 Å². The fourth-order valence-electron chi connectivity index (χ4n) is 4.71. The van der Waals surface area contributed by atoms with Gasteiger partial charge in [0.2, 0.25) is 5.91 Å². The van der Waals surface area contributed by atoms with E-state index in [0.717, 1.165) is 11.3 Å². The number of anilines is 2. The monoisotopic (exact) mass is 488 g/mol. The fraction of sp³-hybridized carbons (Fsp3) is 0.192. The first-order valence-corrected chi connectivity index (χ1v) is 12.7. The minimum absolute atomic E-state index is 0.0309. The van der Waals surface area contributed by atoms with Gasteiger partial charge in [-0.1, -0.05) is 18.2 Å². The van der Waals surface area contributed by atoms with Gasteiger partial charge in [-0.3, -0.25) is 18.9 Å². The maximum absolute atomic E-state index is 13.3. The van der Waals surface area contributed by atoms with Crippen molar-refractivity contribution in [2.45, 2.75) is 38.1 Å². The first-order chi connectivity index (χ1) is 16.7. The molecule has 0 unspecified atom stereocenters. The van der Waals surface area contributed by atoms with Gasteiger partial charge >= 0.3 is 0 Å². The molecular formula is C26H24N4O4S. The van der Waals surface area contributed by atoms with E-state index in [9.17, 15) is 18.0 Å². The number of benzene rings is 3. The van der Waals surface area contributed by atoms with Crippen LogP contribution in [0.3, 0.4) is 0 Å². The summed E-state index contributed by atoms with van der Waals surface area (Å²) in [5, 5.41) is 0.305.